The standard InChI is InChI=1S/C5H10OS2.C2H6O2/c1-2-3-8-5(7)4-6;3-1-2-4/h6H,2-4H2,1H3;3-4H,1-2H2. The first kappa shape index (κ1) is 14.8. The molecule has 5 heteroatoms. The van der Waals surface area contributed by atoms with Gasteiger partial charge in [-0.3, -0.25) is 0 Å². The first-order valence-electron chi connectivity index (χ1n) is 3.71. The molecule has 0 aliphatic carbocycles. The normalized spacial score (nSPS) is 8.67. The lowest BCUT2D eigenvalue weighted by Gasteiger charge is -1.94. The van der Waals surface area contributed by atoms with Gasteiger partial charge in [-0.1, -0.05) is 19.1 Å². The highest BCUT2D eigenvalue weighted by atomic mass is 32.2. The fraction of sp³-hybridized carbons (Fsp3) is 0.857. The molecule has 0 saturated heterocycles. The molecule has 0 spiro atoms. The molecule has 74 valence electrons. The molecule has 0 amide bonds. The van der Waals surface area contributed by atoms with Gasteiger partial charge in [0.2, 0.25) is 0 Å². The van der Waals surface area contributed by atoms with Crippen molar-refractivity contribution >= 4 is 28.2 Å². The van der Waals surface area contributed by atoms with Crippen LogP contribution in [0.4, 0.5) is 0 Å². The molecule has 0 aliphatic heterocycles. The minimum Gasteiger partial charge on any atom is -0.394 e. The number of hydrogen-bond donors (Lipinski definition) is 3. The second-order valence-electron chi connectivity index (χ2n) is 1.83. The summed E-state index contributed by atoms with van der Waals surface area (Å²) in [5, 5.41) is 23.6. The number of aliphatic hydroxyl groups is 3. The number of thioether (sulfide) groups is 1. The third-order valence-electron chi connectivity index (χ3n) is 0.696. The van der Waals surface area contributed by atoms with Crippen molar-refractivity contribution in [1.29, 1.82) is 0 Å². The van der Waals surface area contributed by atoms with Crippen LogP contribution >= 0.6 is 24.0 Å². The van der Waals surface area contributed by atoms with E-state index < -0.39 is 0 Å². The maximum absolute atomic E-state index is 8.40. The monoisotopic (exact) mass is 212 g/mol. The van der Waals surface area contributed by atoms with E-state index in [-0.39, 0.29) is 19.8 Å². The molecule has 3 N–H and O–H groups in total. The van der Waals surface area contributed by atoms with Gasteiger partial charge >= 0.3 is 0 Å². The Morgan fingerprint density at radius 1 is 1.25 bits per heavy atom. The third-order valence-corrected chi connectivity index (χ3v) is 2.24. The van der Waals surface area contributed by atoms with E-state index in [4.69, 9.17) is 27.5 Å². The number of thiocarbonyl (C=S) groups is 1. The average molecular weight is 212 g/mol. The lowest BCUT2D eigenvalue weighted by atomic mass is 10.6. The van der Waals surface area contributed by atoms with Gasteiger partial charge in [0.15, 0.2) is 0 Å². The maximum Gasteiger partial charge on any atom is 0.0842 e. The molecule has 0 aromatic rings. The minimum absolute atomic E-state index is 0.0417. The maximum atomic E-state index is 8.40. The Morgan fingerprint density at radius 3 is 2.00 bits per heavy atom. The van der Waals surface area contributed by atoms with Crippen LogP contribution in [0.25, 0.3) is 0 Å². The summed E-state index contributed by atoms with van der Waals surface area (Å²) in [6, 6.07) is 0. The molecule has 12 heavy (non-hydrogen) atoms. The van der Waals surface area contributed by atoms with Crippen LogP contribution < -0.4 is 0 Å². The van der Waals surface area contributed by atoms with Gasteiger partial charge in [0.1, 0.15) is 0 Å². The molecule has 0 bridgehead atoms. The molecule has 0 rings (SSSR count). The van der Waals surface area contributed by atoms with Gasteiger partial charge in [0, 0.05) is 0 Å². The van der Waals surface area contributed by atoms with Crippen LogP contribution in [-0.2, 0) is 0 Å². The second-order valence-corrected chi connectivity index (χ2v) is 3.77. The molecule has 3 nitrogen and oxygen atoms in total. The molecule has 0 unspecified atom stereocenters. The van der Waals surface area contributed by atoms with Crippen molar-refractivity contribution < 1.29 is 15.3 Å². The van der Waals surface area contributed by atoms with Crippen LogP contribution in [0.2, 0.25) is 0 Å². The molecule has 0 aromatic carbocycles. The van der Waals surface area contributed by atoms with E-state index in [2.05, 4.69) is 6.92 Å². The van der Waals surface area contributed by atoms with E-state index in [1.165, 1.54) is 0 Å². The van der Waals surface area contributed by atoms with Gasteiger partial charge in [0.25, 0.3) is 0 Å². The first-order valence-corrected chi connectivity index (χ1v) is 5.10. The Balaban J connectivity index is 0. The van der Waals surface area contributed by atoms with E-state index in [9.17, 15) is 0 Å². The number of rotatable bonds is 4. The van der Waals surface area contributed by atoms with Gasteiger partial charge in [-0.25, -0.2) is 0 Å². The van der Waals surface area contributed by atoms with Crippen LogP contribution in [0.15, 0.2) is 0 Å². The van der Waals surface area contributed by atoms with Crippen molar-refractivity contribution in [2.45, 2.75) is 13.3 Å². The van der Waals surface area contributed by atoms with Gasteiger partial charge in [-0.15, -0.1) is 11.8 Å². The number of hydrogen-bond acceptors (Lipinski definition) is 5. The highest BCUT2D eigenvalue weighted by Crippen LogP contribution is 2.04. The second kappa shape index (κ2) is 13.9. The Kier molecular flexibility index (Phi) is 17.1. The summed E-state index contributed by atoms with van der Waals surface area (Å²) in [5.41, 5.74) is 0. The molecule has 0 heterocycles. The smallest absolute Gasteiger partial charge is 0.0842 e. The third kappa shape index (κ3) is 16.7. The van der Waals surface area contributed by atoms with E-state index in [0.717, 1.165) is 12.2 Å². The van der Waals surface area contributed by atoms with Crippen molar-refractivity contribution in [3.63, 3.8) is 0 Å². The molecule has 0 saturated carbocycles. The van der Waals surface area contributed by atoms with Crippen molar-refractivity contribution in [3.05, 3.63) is 0 Å². The zero-order valence-electron chi connectivity index (χ0n) is 7.19. The Morgan fingerprint density at radius 2 is 1.75 bits per heavy atom. The fourth-order valence-corrected chi connectivity index (χ4v) is 1.03. The van der Waals surface area contributed by atoms with Crippen molar-refractivity contribution in [2.24, 2.45) is 0 Å². The van der Waals surface area contributed by atoms with E-state index in [1.54, 1.807) is 11.8 Å². The van der Waals surface area contributed by atoms with Crippen LogP contribution in [0.1, 0.15) is 13.3 Å². The molecule has 0 fully saturated rings. The molecule has 0 radical (unpaired) electrons. The largest absolute Gasteiger partial charge is 0.394 e. The topological polar surface area (TPSA) is 60.7 Å². The van der Waals surface area contributed by atoms with Crippen LogP contribution in [0.3, 0.4) is 0 Å². The molecule has 0 atom stereocenters. The predicted octanol–water partition coefficient (Wildman–Crippen LogP) is 0.420. The summed E-state index contributed by atoms with van der Waals surface area (Å²) < 4.78 is 0.701. The summed E-state index contributed by atoms with van der Waals surface area (Å²) in [7, 11) is 0. The Hall–Kier alpha value is 0.320. The minimum atomic E-state index is -0.125. The lowest BCUT2D eigenvalue weighted by molar-refractivity contribution is 0.186. The first-order chi connectivity index (χ1) is 5.72. The van der Waals surface area contributed by atoms with E-state index >= 15 is 0 Å². The highest BCUT2D eigenvalue weighted by molar-refractivity contribution is 8.23. The van der Waals surface area contributed by atoms with Gasteiger partial charge in [-0.2, -0.15) is 0 Å². The Bertz CT molecular complexity index is 96.7. The zero-order valence-corrected chi connectivity index (χ0v) is 8.83. The van der Waals surface area contributed by atoms with Crippen LogP contribution in [0.5, 0.6) is 0 Å². The highest BCUT2D eigenvalue weighted by Gasteiger charge is 1.90. The van der Waals surface area contributed by atoms with Gasteiger partial charge in [0.05, 0.1) is 24.0 Å². The van der Waals surface area contributed by atoms with E-state index in [0.29, 0.717) is 4.20 Å². The van der Waals surface area contributed by atoms with Gasteiger partial charge in [-0.05, 0) is 12.2 Å². The van der Waals surface area contributed by atoms with Crippen molar-refractivity contribution in [2.75, 3.05) is 25.6 Å². The summed E-state index contributed by atoms with van der Waals surface area (Å²) in [6.45, 7) is 1.88. The molecule has 0 aromatic heterocycles. The van der Waals surface area contributed by atoms with Crippen LogP contribution in [-0.4, -0.2) is 45.1 Å². The molecule has 0 aliphatic rings. The lowest BCUT2D eigenvalue weighted by Crippen LogP contribution is -1.94. The zero-order chi connectivity index (χ0) is 9.82. The Labute approximate surface area is 82.8 Å². The average Bonchev–Trinajstić information content (AvgIpc) is 2.14. The SMILES string of the molecule is CCCSC(=S)CO.OCCO. The predicted molar refractivity (Wildman–Crippen MR) is 56.6 cm³/mol. The summed E-state index contributed by atoms with van der Waals surface area (Å²) in [5.74, 6) is 1.03. The molecular formula is C7H16O3S2. The molecular weight excluding hydrogens is 196 g/mol. The fourth-order valence-electron chi connectivity index (χ4n) is 0.262. The summed E-state index contributed by atoms with van der Waals surface area (Å²) in [4.78, 5) is 0. The van der Waals surface area contributed by atoms with E-state index in [1.807, 2.05) is 0 Å². The van der Waals surface area contributed by atoms with Crippen molar-refractivity contribution in [3.8, 4) is 0 Å². The van der Waals surface area contributed by atoms with Crippen molar-refractivity contribution in [1.82, 2.24) is 0 Å². The number of aliphatic hydroxyl groups excluding tert-OH is 3. The van der Waals surface area contributed by atoms with Crippen LogP contribution in [0, 0.1) is 0 Å². The summed E-state index contributed by atoms with van der Waals surface area (Å²) >= 11 is 6.29. The summed E-state index contributed by atoms with van der Waals surface area (Å²) in [6.07, 6.45) is 1.12. The van der Waals surface area contributed by atoms with Gasteiger partial charge < -0.3 is 15.3 Å². The quantitative estimate of drug-likeness (QED) is 0.590.